The predicted octanol–water partition coefficient (Wildman–Crippen LogP) is 1.94. The molecule has 0 bridgehead atoms. The summed E-state index contributed by atoms with van der Waals surface area (Å²) < 4.78 is 38.2. The second kappa shape index (κ2) is 5.58. The Hall–Kier alpha value is -1.27. The Morgan fingerprint density at radius 3 is 2.33 bits per heavy atom. The van der Waals surface area contributed by atoms with E-state index in [1.807, 2.05) is 0 Å². The van der Waals surface area contributed by atoms with Gasteiger partial charge < -0.3 is 10.4 Å². The molecule has 0 aliphatic heterocycles. The summed E-state index contributed by atoms with van der Waals surface area (Å²) in [5, 5.41) is 10.8. The van der Waals surface area contributed by atoms with Crippen LogP contribution in [0.15, 0.2) is 0 Å². The van der Waals surface area contributed by atoms with Crippen molar-refractivity contribution in [3.63, 3.8) is 0 Å². The molecule has 1 aliphatic rings. The SMILES string of the molecule is CC(C(=O)O)C(=O)NC1CCCCC1C(F)(F)F. The highest BCUT2D eigenvalue weighted by atomic mass is 19.4. The Bertz CT molecular complexity index is 330. The van der Waals surface area contributed by atoms with Crippen LogP contribution in [-0.2, 0) is 9.59 Å². The molecule has 104 valence electrons. The van der Waals surface area contributed by atoms with E-state index in [1.165, 1.54) is 0 Å². The molecule has 0 spiro atoms. The van der Waals surface area contributed by atoms with Crippen LogP contribution in [0.2, 0.25) is 0 Å². The van der Waals surface area contributed by atoms with Gasteiger partial charge in [-0.05, 0) is 19.8 Å². The van der Waals surface area contributed by atoms with Gasteiger partial charge in [0.2, 0.25) is 5.91 Å². The van der Waals surface area contributed by atoms with E-state index in [1.54, 1.807) is 0 Å². The van der Waals surface area contributed by atoms with E-state index in [4.69, 9.17) is 5.11 Å². The summed E-state index contributed by atoms with van der Waals surface area (Å²) in [5.41, 5.74) is 0. The van der Waals surface area contributed by atoms with E-state index in [0.29, 0.717) is 12.8 Å². The van der Waals surface area contributed by atoms with Crippen molar-refractivity contribution in [2.75, 3.05) is 0 Å². The Kier molecular flexibility index (Phi) is 4.59. The summed E-state index contributed by atoms with van der Waals surface area (Å²) in [6, 6.07) is -1.01. The van der Waals surface area contributed by atoms with Crippen molar-refractivity contribution in [1.29, 1.82) is 0 Å². The molecule has 1 fully saturated rings. The second-order valence-corrected chi connectivity index (χ2v) is 4.61. The minimum absolute atomic E-state index is 0.0180. The van der Waals surface area contributed by atoms with Crippen molar-refractivity contribution in [3.05, 3.63) is 0 Å². The van der Waals surface area contributed by atoms with Gasteiger partial charge >= 0.3 is 12.1 Å². The maximum Gasteiger partial charge on any atom is 0.393 e. The van der Waals surface area contributed by atoms with Crippen LogP contribution in [0.1, 0.15) is 32.6 Å². The second-order valence-electron chi connectivity index (χ2n) is 4.61. The van der Waals surface area contributed by atoms with Crippen molar-refractivity contribution in [3.8, 4) is 0 Å². The largest absolute Gasteiger partial charge is 0.481 e. The molecule has 0 saturated heterocycles. The minimum atomic E-state index is -4.36. The summed E-state index contributed by atoms with van der Waals surface area (Å²) in [7, 11) is 0. The number of hydrogen-bond donors (Lipinski definition) is 2. The van der Waals surface area contributed by atoms with E-state index in [-0.39, 0.29) is 12.8 Å². The number of carbonyl (C=O) groups excluding carboxylic acids is 1. The summed E-state index contributed by atoms with van der Waals surface area (Å²) in [6.07, 6.45) is -3.05. The number of alkyl halides is 3. The summed E-state index contributed by atoms with van der Waals surface area (Å²) in [5.74, 6) is -5.10. The predicted molar refractivity (Wildman–Crippen MR) is 56.7 cm³/mol. The van der Waals surface area contributed by atoms with Gasteiger partial charge in [0.1, 0.15) is 5.92 Å². The lowest BCUT2D eigenvalue weighted by Gasteiger charge is -2.33. The zero-order valence-corrected chi connectivity index (χ0v) is 9.96. The number of carboxylic acids is 1. The third-order valence-electron chi connectivity index (χ3n) is 3.28. The quantitative estimate of drug-likeness (QED) is 0.768. The van der Waals surface area contributed by atoms with Crippen LogP contribution in [0.4, 0.5) is 13.2 Å². The molecule has 0 aromatic rings. The fourth-order valence-electron chi connectivity index (χ4n) is 2.12. The number of carboxylic acid groups (broad SMARTS) is 1. The molecule has 0 aromatic carbocycles. The van der Waals surface area contributed by atoms with E-state index >= 15 is 0 Å². The number of carbonyl (C=O) groups is 2. The summed E-state index contributed by atoms with van der Waals surface area (Å²) in [6.45, 7) is 1.16. The normalized spacial score (nSPS) is 26.4. The lowest BCUT2D eigenvalue weighted by Crippen LogP contribution is -2.49. The number of amides is 1. The van der Waals surface area contributed by atoms with Crippen LogP contribution in [0, 0.1) is 11.8 Å². The Labute approximate surface area is 103 Å². The number of rotatable bonds is 3. The Morgan fingerprint density at radius 1 is 1.28 bits per heavy atom. The molecule has 1 rings (SSSR count). The molecule has 0 aromatic heterocycles. The Balaban J connectivity index is 2.68. The van der Waals surface area contributed by atoms with E-state index in [2.05, 4.69) is 5.32 Å². The first-order valence-electron chi connectivity index (χ1n) is 5.83. The summed E-state index contributed by atoms with van der Waals surface area (Å²) >= 11 is 0. The zero-order valence-electron chi connectivity index (χ0n) is 9.96. The topological polar surface area (TPSA) is 66.4 Å². The molecule has 0 heterocycles. The molecule has 1 saturated carbocycles. The van der Waals surface area contributed by atoms with E-state index < -0.39 is 35.9 Å². The molecule has 3 unspecified atom stereocenters. The van der Waals surface area contributed by atoms with Crippen molar-refractivity contribution in [1.82, 2.24) is 5.32 Å². The highest BCUT2D eigenvalue weighted by Gasteiger charge is 2.46. The van der Waals surface area contributed by atoms with Gasteiger partial charge in [0.05, 0.1) is 5.92 Å². The third-order valence-corrected chi connectivity index (χ3v) is 3.28. The van der Waals surface area contributed by atoms with Gasteiger partial charge in [-0.25, -0.2) is 0 Å². The third kappa shape index (κ3) is 3.61. The molecule has 1 aliphatic carbocycles. The first-order valence-corrected chi connectivity index (χ1v) is 5.83. The molecule has 0 radical (unpaired) electrons. The summed E-state index contributed by atoms with van der Waals surface area (Å²) in [4.78, 5) is 22.0. The van der Waals surface area contributed by atoms with Gasteiger partial charge in [-0.2, -0.15) is 13.2 Å². The molecular weight excluding hydrogens is 251 g/mol. The van der Waals surface area contributed by atoms with Gasteiger partial charge in [0.15, 0.2) is 0 Å². The number of hydrogen-bond acceptors (Lipinski definition) is 2. The molecule has 1 amide bonds. The monoisotopic (exact) mass is 267 g/mol. The van der Waals surface area contributed by atoms with Crippen LogP contribution in [0.25, 0.3) is 0 Å². The van der Waals surface area contributed by atoms with E-state index in [0.717, 1.165) is 6.92 Å². The highest BCUT2D eigenvalue weighted by Crippen LogP contribution is 2.37. The molecular formula is C11H16F3NO3. The fourth-order valence-corrected chi connectivity index (χ4v) is 2.12. The van der Waals surface area contributed by atoms with Crippen molar-refractivity contribution in [2.24, 2.45) is 11.8 Å². The molecule has 4 nitrogen and oxygen atoms in total. The van der Waals surface area contributed by atoms with Crippen LogP contribution in [0.5, 0.6) is 0 Å². The fraction of sp³-hybridized carbons (Fsp3) is 0.818. The average molecular weight is 267 g/mol. The average Bonchev–Trinajstić information content (AvgIpc) is 2.27. The lowest BCUT2D eigenvalue weighted by atomic mass is 9.83. The van der Waals surface area contributed by atoms with Gasteiger partial charge in [-0.1, -0.05) is 12.8 Å². The zero-order chi connectivity index (χ0) is 13.9. The first-order chi connectivity index (χ1) is 8.23. The van der Waals surface area contributed by atoms with Crippen LogP contribution in [0.3, 0.4) is 0 Å². The van der Waals surface area contributed by atoms with Gasteiger partial charge in [0, 0.05) is 6.04 Å². The molecule has 2 N–H and O–H groups in total. The molecule has 18 heavy (non-hydrogen) atoms. The lowest BCUT2D eigenvalue weighted by molar-refractivity contribution is -0.189. The number of nitrogens with one attached hydrogen (secondary N) is 1. The van der Waals surface area contributed by atoms with Crippen molar-refractivity contribution < 1.29 is 27.9 Å². The van der Waals surface area contributed by atoms with Crippen LogP contribution < -0.4 is 5.32 Å². The highest BCUT2D eigenvalue weighted by molar-refractivity contribution is 5.96. The molecule has 7 heteroatoms. The molecule has 3 atom stereocenters. The van der Waals surface area contributed by atoms with Gasteiger partial charge in [-0.3, -0.25) is 9.59 Å². The maximum absolute atomic E-state index is 12.7. The van der Waals surface area contributed by atoms with Crippen LogP contribution >= 0.6 is 0 Å². The van der Waals surface area contributed by atoms with E-state index in [9.17, 15) is 22.8 Å². The Morgan fingerprint density at radius 2 is 1.83 bits per heavy atom. The first kappa shape index (κ1) is 14.8. The van der Waals surface area contributed by atoms with Gasteiger partial charge in [-0.15, -0.1) is 0 Å². The maximum atomic E-state index is 12.7. The number of aliphatic carboxylic acids is 1. The minimum Gasteiger partial charge on any atom is -0.481 e. The standard InChI is InChI=1S/C11H16F3NO3/c1-6(10(17)18)9(16)15-8-5-3-2-4-7(8)11(12,13)14/h6-8H,2-5H2,1H3,(H,15,16)(H,17,18). The van der Waals surface area contributed by atoms with Gasteiger partial charge in [0.25, 0.3) is 0 Å². The number of halogens is 3. The van der Waals surface area contributed by atoms with Crippen molar-refractivity contribution in [2.45, 2.75) is 44.8 Å². The van der Waals surface area contributed by atoms with Crippen molar-refractivity contribution >= 4 is 11.9 Å². The van der Waals surface area contributed by atoms with Crippen LogP contribution in [-0.4, -0.2) is 29.2 Å². The smallest absolute Gasteiger partial charge is 0.393 e.